The number of nitrogens with zero attached hydrogens (tertiary/aromatic N) is 3. The lowest BCUT2D eigenvalue weighted by atomic mass is 10.1. The van der Waals surface area contributed by atoms with E-state index in [0.717, 1.165) is 5.69 Å². The molecule has 71 valence electrons. The quantitative estimate of drug-likeness (QED) is 0.658. The molecule has 0 atom stereocenters. The molecule has 3 rings (SSSR count). The van der Waals surface area contributed by atoms with Crippen LogP contribution in [0.15, 0.2) is 23.3 Å². The standard InChI is InChI=1S/C11H12N3/c1-2-7-14(6-1)11-5-3-4-10-9(11)8-12-13-10/h3-5,8H,1-2,6-7H2. The van der Waals surface area contributed by atoms with E-state index in [9.17, 15) is 0 Å². The van der Waals surface area contributed by atoms with Gasteiger partial charge in [-0.1, -0.05) is 6.07 Å². The first-order valence-electron chi connectivity index (χ1n) is 5.07. The van der Waals surface area contributed by atoms with Crippen molar-refractivity contribution in [2.45, 2.75) is 12.8 Å². The van der Waals surface area contributed by atoms with Crippen LogP contribution in [0, 0.1) is 0 Å². The molecule has 3 heteroatoms. The summed E-state index contributed by atoms with van der Waals surface area (Å²) in [6, 6.07) is 6.24. The third-order valence-corrected chi connectivity index (χ3v) is 2.86. The highest BCUT2D eigenvalue weighted by molar-refractivity contribution is 5.96. The predicted molar refractivity (Wildman–Crippen MR) is 57.3 cm³/mol. The molecule has 0 unspecified atom stereocenters. The zero-order chi connectivity index (χ0) is 9.38. The van der Waals surface area contributed by atoms with Crippen molar-refractivity contribution in [3.05, 3.63) is 23.8 Å². The van der Waals surface area contributed by atoms with Crippen LogP contribution in [0.2, 0.25) is 0 Å². The molecular formula is C11H12N3. The molecule has 1 aromatic rings. The van der Waals surface area contributed by atoms with E-state index >= 15 is 0 Å². The number of hydrogen-bond acceptors (Lipinski definition) is 2. The molecule has 0 saturated carbocycles. The highest BCUT2D eigenvalue weighted by Crippen LogP contribution is 2.30. The summed E-state index contributed by atoms with van der Waals surface area (Å²) in [7, 11) is 0. The maximum atomic E-state index is 4.07. The zero-order valence-corrected chi connectivity index (χ0v) is 7.98. The van der Waals surface area contributed by atoms with Crippen molar-refractivity contribution < 1.29 is 0 Å². The Kier molecular flexibility index (Phi) is 1.69. The van der Waals surface area contributed by atoms with Crippen molar-refractivity contribution >= 4 is 17.6 Å². The van der Waals surface area contributed by atoms with Gasteiger partial charge in [0.25, 0.3) is 0 Å². The van der Waals surface area contributed by atoms with Gasteiger partial charge in [0, 0.05) is 24.3 Å². The van der Waals surface area contributed by atoms with E-state index in [2.05, 4.69) is 27.6 Å². The van der Waals surface area contributed by atoms with E-state index in [1.165, 1.54) is 37.2 Å². The summed E-state index contributed by atoms with van der Waals surface area (Å²) < 4.78 is 0. The number of hydrogen-bond donors (Lipinski definition) is 0. The smallest absolute Gasteiger partial charge is 0.0966 e. The fourth-order valence-corrected chi connectivity index (χ4v) is 2.14. The Bertz CT molecular complexity index is 378. The van der Waals surface area contributed by atoms with Crippen LogP contribution >= 0.6 is 0 Å². The van der Waals surface area contributed by atoms with Gasteiger partial charge < -0.3 is 4.90 Å². The second-order valence-corrected chi connectivity index (χ2v) is 3.75. The van der Waals surface area contributed by atoms with E-state index in [1.54, 1.807) is 0 Å². The molecule has 3 nitrogen and oxygen atoms in total. The number of rotatable bonds is 1. The molecule has 0 aromatic heterocycles. The van der Waals surface area contributed by atoms with Gasteiger partial charge in [-0.15, -0.1) is 0 Å². The van der Waals surface area contributed by atoms with Crippen molar-refractivity contribution in [3.63, 3.8) is 0 Å². The average molecular weight is 186 g/mol. The van der Waals surface area contributed by atoms with Gasteiger partial charge in [0.1, 0.15) is 0 Å². The number of benzene rings is 1. The Morgan fingerprint density at radius 1 is 1.14 bits per heavy atom. The zero-order valence-electron chi connectivity index (χ0n) is 7.98. The van der Waals surface area contributed by atoms with Crippen LogP contribution in [-0.2, 0) is 0 Å². The molecule has 0 amide bonds. The van der Waals surface area contributed by atoms with Gasteiger partial charge in [-0.05, 0) is 25.0 Å². The van der Waals surface area contributed by atoms with Gasteiger partial charge in [-0.3, -0.25) is 0 Å². The van der Waals surface area contributed by atoms with Crippen LogP contribution < -0.4 is 10.3 Å². The van der Waals surface area contributed by atoms with Gasteiger partial charge in [-0.25, -0.2) is 0 Å². The minimum absolute atomic E-state index is 1.01. The number of anilines is 1. The summed E-state index contributed by atoms with van der Waals surface area (Å²) in [5, 5.41) is 3.96. The highest BCUT2D eigenvalue weighted by atomic mass is 15.3. The summed E-state index contributed by atoms with van der Waals surface area (Å²) >= 11 is 0. The monoisotopic (exact) mass is 186 g/mol. The molecule has 0 N–H and O–H groups in total. The van der Waals surface area contributed by atoms with E-state index < -0.39 is 0 Å². The van der Waals surface area contributed by atoms with Crippen LogP contribution in [-0.4, -0.2) is 19.3 Å². The minimum atomic E-state index is 1.01. The summed E-state index contributed by atoms with van der Waals surface area (Å²) in [6.07, 6.45) is 4.47. The normalized spacial score (nSPS) is 18.4. The van der Waals surface area contributed by atoms with Crippen LogP contribution in [0.4, 0.5) is 11.4 Å². The second kappa shape index (κ2) is 3.01. The Morgan fingerprint density at radius 2 is 2.00 bits per heavy atom. The second-order valence-electron chi connectivity index (χ2n) is 3.75. The van der Waals surface area contributed by atoms with Gasteiger partial charge >= 0.3 is 0 Å². The molecule has 0 bridgehead atoms. The molecule has 1 aromatic carbocycles. The van der Waals surface area contributed by atoms with Gasteiger partial charge in [0.15, 0.2) is 0 Å². The molecule has 0 aliphatic carbocycles. The van der Waals surface area contributed by atoms with Crippen LogP contribution in [0.1, 0.15) is 18.4 Å². The molecule has 14 heavy (non-hydrogen) atoms. The Morgan fingerprint density at radius 3 is 2.86 bits per heavy atom. The van der Waals surface area contributed by atoms with Gasteiger partial charge in [0.05, 0.1) is 11.9 Å². The first kappa shape index (κ1) is 7.85. The average Bonchev–Trinajstić information content (AvgIpc) is 2.88. The largest absolute Gasteiger partial charge is 0.371 e. The Balaban J connectivity index is 2.04. The fourth-order valence-electron chi connectivity index (χ4n) is 2.14. The first-order chi connectivity index (χ1) is 6.95. The molecule has 2 heterocycles. The van der Waals surface area contributed by atoms with E-state index in [1.807, 2.05) is 12.3 Å². The summed E-state index contributed by atoms with van der Waals surface area (Å²) in [5.41, 5.74) is 7.57. The molecule has 1 saturated heterocycles. The SMILES string of the molecule is C1=N[N]c2cccc(N3CCCC3)c21. The van der Waals surface area contributed by atoms with Gasteiger partial charge in [0.2, 0.25) is 0 Å². The van der Waals surface area contributed by atoms with E-state index in [-0.39, 0.29) is 0 Å². The first-order valence-corrected chi connectivity index (χ1v) is 5.07. The third kappa shape index (κ3) is 1.09. The van der Waals surface area contributed by atoms with Crippen LogP contribution in [0.5, 0.6) is 0 Å². The van der Waals surface area contributed by atoms with E-state index in [0.29, 0.717) is 0 Å². The van der Waals surface area contributed by atoms with Crippen molar-refractivity contribution in [1.82, 2.24) is 5.43 Å². The molecule has 1 radical (unpaired) electrons. The summed E-state index contributed by atoms with van der Waals surface area (Å²) in [4.78, 5) is 2.42. The molecule has 0 spiro atoms. The van der Waals surface area contributed by atoms with Crippen molar-refractivity contribution in [2.24, 2.45) is 5.10 Å². The predicted octanol–water partition coefficient (Wildman–Crippen LogP) is 1.87. The lowest BCUT2D eigenvalue weighted by Crippen LogP contribution is -2.18. The third-order valence-electron chi connectivity index (χ3n) is 2.86. The highest BCUT2D eigenvalue weighted by Gasteiger charge is 2.19. The van der Waals surface area contributed by atoms with Crippen LogP contribution in [0.3, 0.4) is 0 Å². The molecule has 1 fully saturated rings. The maximum absolute atomic E-state index is 4.07. The van der Waals surface area contributed by atoms with Crippen LogP contribution in [0.25, 0.3) is 0 Å². The van der Waals surface area contributed by atoms with Crippen molar-refractivity contribution in [1.29, 1.82) is 0 Å². The molecule has 2 aliphatic rings. The van der Waals surface area contributed by atoms with Gasteiger partial charge in [-0.2, -0.15) is 10.5 Å². The number of fused-ring (bicyclic) bond motifs is 1. The Labute approximate surface area is 83.4 Å². The topological polar surface area (TPSA) is 29.7 Å². The maximum Gasteiger partial charge on any atom is 0.0966 e. The summed E-state index contributed by atoms with van der Waals surface area (Å²) in [5.74, 6) is 0. The fraction of sp³-hybridized carbons (Fsp3) is 0.364. The molecular weight excluding hydrogens is 174 g/mol. The Hall–Kier alpha value is -1.51. The van der Waals surface area contributed by atoms with E-state index in [4.69, 9.17) is 0 Å². The van der Waals surface area contributed by atoms with Crippen molar-refractivity contribution in [2.75, 3.05) is 18.0 Å². The molecule has 2 aliphatic heterocycles. The van der Waals surface area contributed by atoms with Crippen molar-refractivity contribution in [3.8, 4) is 0 Å². The summed E-state index contributed by atoms with van der Waals surface area (Å²) in [6.45, 7) is 2.34. The lowest BCUT2D eigenvalue weighted by molar-refractivity contribution is 0.949. The minimum Gasteiger partial charge on any atom is -0.371 e. The lowest BCUT2D eigenvalue weighted by Gasteiger charge is -2.19.